The lowest BCUT2D eigenvalue weighted by atomic mass is 9.95. The number of carbonyl (C=O) groups excluding carboxylic acids is 1. The number of alkyl halides is 3. The lowest BCUT2D eigenvalue weighted by molar-refractivity contribution is -0.137. The Bertz CT molecular complexity index is 1240. The van der Waals surface area contributed by atoms with E-state index in [0.717, 1.165) is 29.7 Å². The van der Waals surface area contributed by atoms with E-state index in [1.165, 1.54) is 6.20 Å². The van der Waals surface area contributed by atoms with E-state index in [1.807, 2.05) is 30.9 Å². The largest absolute Gasteiger partial charge is 0.416 e. The average Bonchev–Trinajstić information content (AvgIpc) is 3.47. The van der Waals surface area contributed by atoms with Gasteiger partial charge in [-0.3, -0.25) is 9.36 Å². The van der Waals surface area contributed by atoms with E-state index in [-0.39, 0.29) is 23.7 Å². The summed E-state index contributed by atoms with van der Waals surface area (Å²) in [5.41, 5.74) is 2.71. The van der Waals surface area contributed by atoms with Crippen molar-refractivity contribution in [3.63, 3.8) is 0 Å². The van der Waals surface area contributed by atoms with Gasteiger partial charge in [0.25, 0.3) is 0 Å². The number of hydrogen-bond donors (Lipinski definition) is 1. The van der Waals surface area contributed by atoms with Crippen molar-refractivity contribution in [1.82, 2.24) is 19.9 Å². The van der Waals surface area contributed by atoms with E-state index < -0.39 is 11.7 Å². The van der Waals surface area contributed by atoms with Crippen molar-refractivity contribution < 1.29 is 22.7 Å². The van der Waals surface area contributed by atoms with Gasteiger partial charge in [-0.25, -0.2) is 9.97 Å². The molecule has 35 heavy (non-hydrogen) atoms. The summed E-state index contributed by atoms with van der Waals surface area (Å²) in [7, 11) is 0. The Labute approximate surface area is 201 Å². The molecule has 10 heteroatoms. The molecule has 1 N–H and O–H groups in total. The van der Waals surface area contributed by atoms with Crippen LogP contribution in [0.2, 0.25) is 0 Å². The number of aryl methyl sites for hydroxylation is 2. The Kier molecular flexibility index (Phi) is 6.16. The van der Waals surface area contributed by atoms with Crippen LogP contribution in [0, 0.1) is 19.8 Å². The summed E-state index contributed by atoms with van der Waals surface area (Å²) in [6.07, 6.45) is -1.19. The smallest absolute Gasteiger partial charge is 0.379 e. The third-order valence-corrected chi connectivity index (χ3v) is 6.98. The number of nitrogens with one attached hydrogen (secondary N) is 1. The highest BCUT2D eigenvalue weighted by Gasteiger charge is 2.33. The van der Waals surface area contributed by atoms with Gasteiger partial charge in [0.15, 0.2) is 0 Å². The van der Waals surface area contributed by atoms with E-state index in [9.17, 15) is 18.0 Å². The van der Waals surface area contributed by atoms with Crippen molar-refractivity contribution in [1.29, 1.82) is 0 Å². The molecule has 1 amide bonds. The fourth-order valence-electron chi connectivity index (χ4n) is 4.78. The van der Waals surface area contributed by atoms with Crippen LogP contribution in [0.4, 0.5) is 19.1 Å². The second-order valence-corrected chi connectivity index (χ2v) is 9.40. The minimum absolute atomic E-state index is 0.0412. The molecule has 2 fully saturated rings. The van der Waals surface area contributed by atoms with Crippen LogP contribution in [0.1, 0.15) is 36.0 Å². The number of fused-ring (bicyclic) bond motifs is 1. The minimum Gasteiger partial charge on any atom is -0.379 e. The third kappa shape index (κ3) is 4.71. The van der Waals surface area contributed by atoms with Crippen LogP contribution in [0.5, 0.6) is 0 Å². The van der Waals surface area contributed by atoms with Crippen molar-refractivity contribution in [2.24, 2.45) is 5.92 Å². The first kappa shape index (κ1) is 23.6. The molecule has 2 saturated heterocycles. The molecule has 5 rings (SSSR count). The van der Waals surface area contributed by atoms with Crippen molar-refractivity contribution in [2.75, 3.05) is 31.2 Å². The lowest BCUT2D eigenvalue weighted by Crippen LogP contribution is -2.44. The number of hydrogen-bond acceptors (Lipinski definition) is 5. The molecule has 4 heterocycles. The quantitative estimate of drug-likeness (QED) is 0.598. The number of rotatable bonds is 4. The van der Waals surface area contributed by atoms with Gasteiger partial charge < -0.3 is 15.0 Å². The summed E-state index contributed by atoms with van der Waals surface area (Å²) in [5.74, 6) is 0.641. The number of pyridine rings is 1. The second-order valence-electron chi connectivity index (χ2n) is 9.40. The summed E-state index contributed by atoms with van der Waals surface area (Å²) < 4.78 is 47.4. The van der Waals surface area contributed by atoms with Gasteiger partial charge in [-0.2, -0.15) is 13.2 Å². The lowest BCUT2D eigenvalue weighted by Gasteiger charge is -2.32. The van der Waals surface area contributed by atoms with E-state index in [1.54, 1.807) is 4.57 Å². The highest BCUT2D eigenvalue weighted by Crippen LogP contribution is 2.34. The molecule has 3 aromatic rings. The summed E-state index contributed by atoms with van der Waals surface area (Å²) in [5, 5.41) is 3.07. The molecular weight excluding hydrogens is 459 g/mol. The predicted molar refractivity (Wildman–Crippen MR) is 126 cm³/mol. The average molecular weight is 488 g/mol. The van der Waals surface area contributed by atoms with Crippen molar-refractivity contribution >= 4 is 22.9 Å². The molecule has 2 aliphatic rings. The zero-order valence-corrected chi connectivity index (χ0v) is 19.7. The number of piperidine rings is 1. The Morgan fingerprint density at radius 2 is 1.86 bits per heavy atom. The van der Waals surface area contributed by atoms with Crippen molar-refractivity contribution in [2.45, 2.75) is 45.3 Å². The van der Waals surface area contributed by atoms with Crippen LogP contribution >= 0.6 is 0 Å². The van der Waals surface area contributed by atoms with Crippen LogP contribution in [0.3, 0.4) is 0 Å². The number of anilines is 1. The SMILES string of the molecule is Cc1cc2nc(N3CCC(C(=O)NC4CCOC4)CC3)n(-c3cc(C(F)(F)F)ccn3)c2cc1C. The van der Waals surface area contributed by atoms with Gasteiger partial charge in [0, 0.05) is 31.8 Å². The number of benzene rings is 1. The fraction of sp³-hybridized carbons (Fsp3) is 0.480. The van der Waals surface area contributed by atoms with E-state index in [4.69, 9.17) is 9.72 Å². The van der Waals surface area contributed by atoms with Crippen LogP contribution in [-0.2, 0) is 15.7 Å². The van der Waals surface area contributed by atoms with Gasteiger partial charge in [-0.05, 0) is 68.5 Å². The first-order chi connectivity index (χ1) is 16.7. The normalized spacial score (nSPS) is 19.5. The van der Waals surface area contributed by atoms with E-state index in [0.29, 0.717) is 56.1 Å². The Balaban J connectivity index is 1.46. The van der Waals surface area contributed by atoms with Crippen LogP contribution in [0.15, 0.2) is 30.5 Å². The van der Waals surface area contributed by atoms with Crippen molar-refractivity contribution in [3.05, 3.63) is 47.2 Å². The Morgan fingerprint density at radius 3 is 2.54 bits per heavy atom. The Hall–Kier alpha value is -3.14. The number of ether oxygens (including phenoxy) is 1. The molecule has 1 unspecified atom stereocenters. The number of nitrogens with zero attached hydrogens (tertiary/aromatic N) is 4. The summed E-state index contributed by atoms with van der Waals surface area (Å²) in [4.78, 5) is 23.8. The molecule has 186 valence electrons. The number of aromatic nitrogens is 3. The molecule has 0 aliphatic carbocycles. The predicted octanol–water partition coefficient (Wildman–Crippen LogP) is 4.18. The second kappa shape index (κ2) is 9.14. The Morgan fingerprint density at radius 1 is 1.11 bits per heavy atom. The molecule has 2 aliphatic heterocycles. The number of carbonyl (C=O) groups is 1. The number of imidazole rings is 1. The van der Waals surface area contributed by atoms with Gasteiger partial charge in [-0.15, -0.1) is 0 Å². The molecule has 1 aromatic carbocycles. The summed E-state index contributed by atoms with van der Waals surface area (Å²) >= 11 is 0. The molecule has 0 spiro atoms. The van der Waals surface area contributed by atoms with Gasteiger partial charge >= 0.3 is 6.18 Å². The third-order valence-electron chi connectivity index (χ3n) is 6.98. The first-order valence-electron chi connectivity index (χ1n) is 11.9. The maximum atomic E-state index is 13.5. The zero-order valence-electron chi connectivity index (χ0n) is 19.7. The summed E-state index contributed by atoms with van der Waals surface area (Å²) in [6, 6.07) is 5.99. The molecule has 0 radical (unpaired) electrons. The molecule has 2 aromatic heterocycles. The maximum Gasteiger partial charge on any atom is 0.416 e. The molecule has 0 saturated carbocycles. The highest BCUT2D eigenvalue weighted by atomic mass is 19.4. The van der Waals surface area contributed by atoms with Crippen LogP contribution in [0.25, 0.3) is 16.9 Å². The molecule has 1 atom stereocenters. The standard InChI is InChI=1S/C25H28F3N5O2/c1-15-11-20-21(12-16(15)2)33(22-13-18(3-7-29-22)25(26,27)28)24(31-20)32-8-4-17(5-9-32)23(34)30-19-6-10-35-14-19/h3,7,11-13,17,19H,4-6,8-10,14H2,1-2H3,(H,30,34). The first-order valence-corrected chi connectivity index (χ1v) is 11.9. The molecule has 0 bridgehead atoms. The van der Waals surface area contributed by atoms with Crippen molar-refractivity contribution in [3.8, 4) is 5.82 Å². The number of halogens is 3. The van der Waals surface area contributed by atoms with Crippen LogP contribution in [-0.4, -0.2) is 52.8 Å². The van der Waals surface area contributed by atoms with E-state index >= 15 is 0 Å². The summed E-state index contributed by atoms with van der Waals surface area (Å²) in [6.45, 7) is 6.30. The van der Waals surface area contributed by atoms with Crippen LogP contribution < -0.4 is 10.2 Å². The highest BCUT2D eigenvalue weighted by molar-refractivity contribution is 5.83. The molecule has 7 nitrogen and oxygen atoms in total. The van der Waals surface area contributed by atoms with Gasteiger partial charge in [0.1, 0.15) is 5.82 Å². The van der Waals surface area contributed by atoms with Gasteiger partial charge in [0.05, 0.1) is 29.2 Å². The fourth-order valence-corrected chi connectivity index (χ4v) is 4.78. The monoisotopic (exact) mass is 487 g/mol. The number of amides is 1. The zero-order chi connectivity index (χ0) is 24.7. The van der Waals surface area contributed by atoms with E-state index in [2.05, 4.69) is 10.3 Å². The van der Waals surface area contributed by atoms with Gasteiger partial charge in [0.2, 0.25) is 11.9 Å². The minimum atomic E-state index is -4.48. The molecular formula is C25H28F3N5O2. The topological polar surface area (TPSA) is 72.3 Å². The maximum absolute atomic E-state index is 13.5. The van der Waals surface area contributed by atoms with Gasteiger partial charge in [-0.1, -0.05) is 0 Å².